The van der Waals surface area contributed by atoms with Crippen LogP contribution in [0.5, 0.6) is 0 Å². The van der Waals surface area contributed by atoms with E-state index in [1.54, 1.807) is 0 Å². The van der Waals surface area contributed by atoms with Gasteiger partial charge in [-0.05, 0) is 19.3 Å². The summed E-state index contributed by atoms with van der Waals surface area (Å²) in [5.74, 6) is 3.22. The average Bonchev–Trinajstić information content (AvgIpc) is 1.88. The van der Waals surface area contributed by atoms with Gasteiger partial charge in [0, 0.05) is 12.0 Å². The minimum absolute atomic E-state index is 0. The minimum Gasteiger partial charge on any atom is -0.328 e. The van der Waals surface area contributed by atoms with E-state index >= 15 is 0 Å². The van der Waals surface area contributed by atoms with Crippen molar-refractivity contribution in [1.82, 2.24) is 0 Å². The molecular weight excluding hydrogens is 146 g/mol. The lowest BCUT2D eigenvalue weighted by Crippen LogP contribution is -2.26. The van der Waals surface area contributed by atoms with E-state index in [1.807, 2.05) is 0 Å². The first-order valence-corrected chi connectivity index (χ1v) is 3.54. The highest BCUT2D eigenvalue weighted by Crippen LogP contribution is 2.21. The molecule has 2 heteroatoms. The lowest BCUT2D eigenvalue weighted by Gasteiger charge is -2.22. The van der Waals surface area contributed by atoms with E-state index in [4.69, 9.17) is 12.2 Å². The Kier molecular flexibility index (Phi) is 4.51. The van der Waals surface area contributed by atoms with Gasteiger partial charge in [0.1, 0.15) is 0 Å². The molecule has 0 saturated heterocycles. The second kappa shape index (κ2) is 4.60. The maximum Gasteiger partial charge on any atom is 0.0214 e. The molecule has 2 atom stereocenters. The average molecular weight is 160 g/mol. The second-order valence-corrected chi connectivity index (χ2v) is 2.79. The van der Waals surface area contributed by atoms with Crippen molar-refractivity contribution in [1.29, 1.82) is 0 Å². The van der Waals surface area contributed by atoms with Crippen LogP contribution in [0.2, 0.25) is 0 Å². The molecule has 0 aromatic heterocycles. The lowest BCUT2D eigenvalue weighted by molar-refractivity contribution is 0.381. The van der Waals surface area contributed by atoms with Crippen LogP contribution in [-0.4, -0.2) is 6.04 Å². The van der Waals surface area contributed by atoms with Crippen LogP contribution in [0.1, 0.15) is 25.7 Å². The molecule has 1 saturated carbocycles. The van der Waals surface area contributed by atoms with Crippen LogP contribution in [0, 0.1) is 18.3 Å². The molecule has 0 radical (unpaired) electrons. The topological polar surface area (TPSA) is 26.0 Å². The molecule has 0 aromatic rings. The van der Waals surface area contributed by atoms with Crippen molar-refractivity contribution in [3.05, 3.63) is 0 Å². The predicted molar refractivity (Wildman–Crippen MR) is 46.0 cm³/mol. The molecule has 0 aromatic carbocycles. The minimum atomic E-state index is 0. The Morgan fingerprint density at radius 3 is 2.50 bits per heavy atom. The van der Waals surface area contributed by atoms with Crippen molar-refractivity contribution in [2.24, 2.45) is 11.7 Å². The highest BCUT2D eigenvalue weighted by Gasteiger charge is 2.16. The SMILES string of the molecule is C#C[C@H]1CCC[C@@H](N)C1.Cl. The number of terminal acetylenes is 1. The highest BCUT2D eigenvalue weighted by molar-refractivity contribution is 5.85. The molecule has 0 bridgehead atoms. The molecule has 0 unspecified atom stereocenters. The molecule has 1 aliphatic carbocycles. The fourth-order valence-electron chi connectivity index (χ4n) is 1.38. The van der Waals surface area contributed by atoms with Crippen LogP contribution in [0.15, 0.2) is 0 Å². The molecule has 1 rings (SSSR count). The monoisotopic (exact) mass is 159 g/mol. The third kappa shape index (κ3) is 2.60. The first-order valence-electron chi connectivity index (χ1n) is 3.54. The van der Waals surface area contributed by atoms with Crippen LogP contribution in [0.3, 0.4) is 0 Å². The van der Waals surface area contributed by atoms with Crippen LogP contribution in [0.4, 0.5) is 0 Å². The fraction of sp³-hybridized carbons (Fsp3) is 0.750. The first-order chi connectivity index (χ1) is 4.33. The van der Waals surface area contributed by atoms with Crippen LogP contribution >= 0.6 is 12.4 Å². The fourth-order valence-corrected chi connectivity index (χ4v) is 1.38. The largest absolute Gasteiger partial charge is 0.328 e. The van der Waals surface area contributed by atoms with Gasteiger partial charge < -0.3 is 5.73 Å². The van der Waals surface area contributed by atoms with Crippen LogP contribution < -0.4 is 5.73 Å². The summed E-state index contributed by atoms with van der Waals surface area (Å²) in [6.45, 7) is 0. The summed E-state index contributed by atoms with van der Waals surface area (Å²) in [6, 6.07) is 0.375. The van der Waals surface area contributed by atoms with Gasteiger partial charge in [-0.25, -0.2) is 0 Å². The van der Waals surface area contributed by atoms with Crippen molar-refractivity contribution >= 4 is 12.4 Å². The summed E-state index contributed by atoms with van der Waals surface area (Å²) in [4.78, 5) is 0. The zero-order valence-electron chi connectivity index (χ0n) is 6.05. The van der Waals surface area contributed by atoms with Gasteiger partial charge in [-0.2, -0.15) is 0 Å². The van der Waals surface area contributed by atoms with Crippen LogP contribution in [-0.2, 0) is 0 Å². The van der Waals surface area contributed by atoms with Crippen molar-refractivity contribution in [2.45, 2.75) is 31.7 Å². The van der Waals surface area contributed by atoms with Gasteiger partial charge in [-0.15, -0.1) is 24.8 Å². The first kappa shape index (κ1) is 9.81. The molecule has 1 nitrogen and oxygen atoms in total. The van der Waals surface area contributed by atoms with Crippen molar-refractivity contribution in [3.8, 4) is 12.3 Å². The molecule has 0 amide bonds. The zero-order chi connectivity index (χ0) is 6.69. The highest BCUT2D eigenvalue weighted by atomic mass is 35.5. The van der Waals surface area contributed by atoms with Gasteiger partial charge >= 0.3 is 0 Å². The van der Waals surface area contributed by atoms with Gasteiger partial charge in [0.25, 0.3) is 0 Å². The van der Waals surface area contributed by atoms with Crippen LogP contribution in [0.25, 0.3) is 0 Å². The Labute approximate surface area is 68.8 Å². The summed E-state index contributed by atoms with van der Waals surface area (Å²) < 4.78 is 0. The summed E-state index contributed by atoms with van der Waals surface area (Å²) in [7, 11) is 0. The molecule has 1 fully saturated rings. The quantitative estimate of drug-likeness (QED) is 0.534. The van der Waals surface area contributed by atoms with Gasteiger partial charge in [0.2, 0.25) is 0 Å². The Bertz CT molecular complexity index is 128. The summed E-state index contributed by atoms with van der Waals surface area (Å²) in [6.07, 6.45) is 9.87. The Morgan fingerprint density at radius 1 is 1.40 bits per heavy atom. The van der Waals surface area contributed by atoms with E-state index in [0.717, 1.165) is 12.8 Å². The predicted octanol–water partition coefficient (Wildman–Crippen LogP) is 1.56. The van der Waals surface area contributed by atoms with Gasteiger partial charge in [0.15, 0.2) is 0 Å². The molecule has 0 heterocycles. The molecule has 10 heavy (non-hydrogen) atoms. The van der Waals surface area contributed by atoms with Gasteiger partial charge in [-0.3, -0.25) is 0 Å². The molecule has 0 spiro atoms. The molecule has 1 aliphatic rings. The third-order valence-electron chi connectivity index (χ3n) is 1.95. The molecule has 2 N–H and O–H groups in total. The summed E-state index contributed by atoms with van der Waals surface area (Å²) in [5, 5.41) is 0. The standard InChI is InChI=1S/C8H13N.ClH/c1-2-7-4-3-5-8(9)6-7;/h1,7-8H,3-6,9H2;1H/t7-,8+;/m0./s1. The third-order valence-corrected chi connectivity index (χ3v) is 1.95. The number of rotatable bonds is 0. The van der Waals surface area contributed by atoms with E-state index in [1.165, 1.54) is 12.8 Å². The van der Waals surface area contributed by atoms with Crippen molar-refractivity contribution in [3.63, 3.8) is 0 Å². The van der Waals surface area contributed by atoms with Gasteiger partial charge in [-0.1, -0.05) is 6.42 Å². The maximum atomic E-state index is 5.71. The Balaban J connectivity index is 0.000000810. The Hall–Kier alpha value is -0.190. The zero-order valence-corrected chi connectivity index (χ0v) is 6.86. The van der Waals surface area contributed by atoms with E-state index in [2.05, 4.69) is 5.92 Å². The summed E-state index contributed by atoms with van der Waals surface area (Å²) in [5.41, 5.74) is 5.71. The number of hydrogen-bond acceptors (Lipinski definition) is 1. The lowest BCUT2D eigenvalue weighted by atomic mass is 9.87. The molecular formula is C8H14ClN. The summed E-state index contributed by atoms with van der Waals surface area (Å²) >= 11 is 0. The number of nitrogens with two attached hydrogens (primary N) is 1. The smallest absolute Gasteiger partial charge is 0.0214 e. The van der Waals surface area contributed by atoms with E-state index in [0.29, 0.717) is 12.0 Å². The Morgan fingerprint density at radius 2 is 2.10 bits per heavy atom. The van der Waals surface area contributed by atoms with E-state index < -0.39 is 0 Å². The number of hydrogen-bond donors (Lipinski definition) is 1. The maximum absolute atomic E-state index is 5.71. The van der Waals surface area contributed by atoms with Gasteiger partial charge in [0.05, 0.1) is 0 Å². The molecule has 0 aliphatic heterocycles. The normalized spacial score (nSPS) is 32.0. The van der Waals surface area contributed by atoms with E-state index in [-0.39, 0.29) is 12.4 Å². The number of halogens is 1. The van der Waals surface area contributed by atoms with Crippen molar-refractivity contribution < 1.29 is 0 Å². The van der Waals surface area contributed by atoms with Crippen molar-refractivity contribution in [2.75, 3.05) is 0 Å². The molecule has 58 valence electrons. The van der Waals surface area contributed by atoms with E-state index in [9.17, 15) is 0 Å². The second-order valence-electron chi connectivity index (χ2n) is 2.79.